The number of piperidine rings is 1. The first-order valence-electron chi connectivity index (χ1n) is 10.7. The van der Waals surface area contributed by atoms with Crippen LogP contribution in [0.25, 0.3) is 0 Å². The standard InChI is InChI=1S/C24H25N3O3/c28-24(26-12-2-1-3-13-26)17-10-11-22-21(15-17)19-8-5-9-20(19)23(25-22)16-6-4-7-18(14-16)27(29)30/h4-8,10-11,14-15,19-20,23,25H,1-3,9,12-13H2/t19-,20+,23+/m1/s1. The lowest BCUT2D eigenvalue weighted by Crippen LogP contribution is -2.36. The van der Waals surface area contributed by atoms with E-state index < -0.39 is 0 Å². The fraction of sp³-hybridized carbons (Fsp3) is 0.375. The van der Waals surface area contributed by atoms with E-state index in [4.69, 9.17) is 0 Å². The summed E-state index contributed by atoms with van der Waals surface area (Å²) in [7, 11) is 0. The fourth-order valence-corrected chi connectivity index (χ4v) is 5.17. The number of likely N-dealkylation sites (tertiary alicyclic amines) is 1. The van der Waals surface area contributed by atoms with Crippen molar-refractivity contribution in [1.82, 2.24) is 4.90 Å². The van der Waals surface area contributed by atoms with E-state index in [9.17, 15) is 14.9 Å². The van der Waals surface area contributed by atoms with Crippen molar-refractivity contribution in [3.05, 3.63) is 81.4 Å². The van der Waals surface area contributed by atoms with Gasteiger partial charge in [0.2, 0.25) is 0 Å². The number of hydrogen-bond donors (Lipinski definition) is 1. The van der Waals surface area contributed by atoms with Crippen molar-refractivity contribution in [2.24, 2.45) is 5.92 Å². The molecule has 2 heterocycles. The summed E-state index contributed by atoms with van der Waals surface area (Å²) < 4.78 is 0. The van der Waals surface area contributed by atoms with E-state index >= 15 is 0 Å². The highest BCUT2D eigenvalue weighted by molar-refractivity contribution is 5.95. The summed E-state index contributed by atoms with van der Waals surface area (Å²) in [6.07, 6.45) is 8.69. The van der Waals surface area contributed by atoms with Gasteiger partial charge in [0.25, 0.3) is 11.6 Å². The lowest BCUT2D eigenvalue weighted by molar-refractivity contribution is -0.384. The van der Waals surface area contributed by atoms with E-state index in [1.54, 1.807) is 12.1 Å². The van der Waals surface area contributed by atoms with E-state index in [1.165, 1.54) is 12.5 Å². The Morgan fingerprint density at radius 2 is 1.93 bits per heavy atom. The molecule has 2 aliphatic heterocycles. The largest absolute Gasteiger partial charge is 0.378 e. The normalized spacial score (nSPS) is 24.7. The summed E-state index contributed by atoms with van der Waals surface area (Å²) in [5, 5.41) is 14.8. The Morgan fingerprint density at radius 3 is 2.73 bits per heavy atom. The van der Waals surface area contributed by atoms with Gasteiger partial charge in [0.05, 0.1) is 11.0 Å². The molecule has 1 saturated heterocycles. The number of anilines is 1. The van der Waals surface area contributed by atoms with Crippen molar-refractivity contribution in [2.75, 3.05) is 18.4 Å². The zero-order valence-electron chi connectivity index (χ0n) is 16.8. The van der Waals surface area contributed by atoms with Gasteiger partial charge < -0.3 is 10.2 Å². The third-order valence-corrected chi connectivity index (χ3v) is 6.69. The highest BCUT2D eigenvalue weighted by atomic mass is 16.6. The fourth-order valence-electron chi connectivity index (χ4n) is 5.17. The lowest BCUT2D eigenvalue weighted by atomic mass is 9.76. The smallest absolute Gasteiger partial charge is 0.269 e. The van der Waals surface area contributed by atoms with Gasteiger partial charge in [0.1, 0.15) is 0 Å². The summed E-state index contributed by atoms with van der Waals surface area (Å²) in [5.74, 6) is 0.608. The average molecular weight is 403 g/mol. The van der Waals surface area contributed by atoms with Crippen molar-refractivity contribution >= 4 is 17.3 Å². The molecule has 154 valence electrons. The van der Waals surface area contributed by atoms with Crippen LogP contribution < -0.4 is 5.32 Å². The monoisotopic (exact) mass is 403 g/mol. The second-order valence-corrected chi connectivity index (χ2v) is 8.48. The van der Waals surface area contributed by atoms with Gasteiger partial charge in [-0.25, -0.2) is 0 Å². The van der Waals surface area contributed by atoms with Crippen LogP contribution in [0, 0.1) is 16.0 Å². The molecule has 0 radical (unpaired) electrons. The number of amides is 1. The third-order valence-electron chi connectivity index (χ3n) is 6.69. The zero-order chi connectivity index (χ0) is 20.7. The number of carbonyl (C=O) groups excluding carboxylic acids is 1. The van der Waals surface area contributed by atoms with Crippen LogP contribution in [0.3, 0.4) is 0 Å². The number of nitrogens with zero attached hydrogens (tertiary/aromatic N) is 2. The number of benzene rings is 2. The van der Waals surface area contributed by atoms with Crippen molar-refractivity contribution in [3.63, 3.8) is 0 Å². The maximum absolute atomic E-state index is 13.0. The number of fused-ring (bicyclic) bond motifs is 3. The summed E-state index contributed by atoms with van der Waals surface area (Å²) in [4.78, 5) is 25.8. The molecule has 1 amide bonds. The summed E-state index contributed by atoms with van der Waals surface area (Å²) in [6.45, 7) is 1.68. The number of carbonyl (C=O) groups is 1. The van der Waals surface area contributed by atoms with Crippen molar-refractivity contribution in [1.29, 1.82) is 0 Å². The molecule has 1 fully saturated rings. The molecule has 0 spiro atoms. The Labute approximate surface area is 175 Å². The molecule has 0 bridgehead atoms. The molecule has 0 aromatic heterocycles. The number of hydrogen-bond acceptors (Lipinski definition) is 4. The van der Waals surface area contributed by atoms with Gasteiger partial charge in [0.15, 0.2) is 0 Å². The van der Waals surface area contributed by atoms with Crippen LogP contribution in [-0.4, -0.2) is 28.8 Å². The van der Waals surface area contributed by atoms with Crippen LogP contribution in [0.1, 0.15) is 59.1 Å². The Morgan fingerprint density at radius 1 is 1.10 bits per heavy atom. The van der Waals surface area contributed by atoms with E-state index in [-0.39, 0.29) is 34.4 Å². The number of non-ortho nitro benzene ring substituents is 1. The first kappa shape index (κ1) is 18.9. The Kier molecular flexibility index (Phi) is 4.77. The van der Waals surface area contributed by atoms with Crippen LogP contribution in [0.5, 0.6) is 0 Å². The van der Waals surface area contributed by atoms with Gasteiger partial charge in [-0.3, -0.25) is 14.9 Å². The van der Waals surface area contributed by atoms with Crippen molar-refractivity contribution < 1.29 is 9.72 Å². The summed E-state index contributed by atoms with van der Waals surface area (Å²) in [6, 6.07) is 12.9. The van der Waals surface area contributed by atoms with Gasteiger partial charge in [-0.1, -0.05) is 24.3 Å². The predicted octanol–water partition coefficient (Wildman–Crippen LogP) is 5.05. The minimum atomic E-state index is -0.344. The molecule has 0 unspecified atom stereocenters. The minimum absolute atomic E-state index is 0.000969. The van der Waals surface area contributed by atoms with E-state index in [0.29, 0.717) is 0 Å². The van der Waals surface area contributed by atoms with E-state index in [0.717, 1.165) is 54.7 Å². The molecular weight excluding hydrogens is 378 g/mol. The van der Waals surface area contributed by atoms with E-state index in [2.05, 4.69) is 23.5 Å². The second kappa shape index (κ2) is 7.59. The van der Waals surface area contributed by atoms with Crippen molar-refractivity contribution in [2.45, 2.75) is 37.6 Å². The Bertz CT molecular complexity index is 1030. The number of nitro benzene ring substituents is 1. The second-order valence-electron chi connectivity index (χ2n) is 8.48. The number of nitrogens with one attached hydrogen (secondary N) is 1. The molecule has 6 nitrogen and oxygen atoms in total. The first-order valence-corrected chi connectivity index (χ1v) is 10.7. The SMILES string of the molecule is O=C(c1ccc2c(c1)[C@@H]1C=CC[C@@H]1[C@H](c1cccc([N+](=O)[O-])c1)N2)N1CCCCC1. The van der Waals surface area contributed by atoms with Crippen LogP contribution >= 0.6 is 0 Å². The van der Waals surface area contributed by atoms with Gasteiger partial charge in [-0.2, -0.15) is 0 Å². The van der Waals surface area contributed by atoms with Crippen LogP contribution in [-0.2, 0) is 0 Å². The van der Waals surface area contributed by atoms with Crippen LogP contribution in [0.2, 0.25) is 0 Å². The highest BCUT2D eigenvalue weighted by Gasteiger charge is 2.38. The molecule has 3 atom stereocenters. The molecule has 30 heavy (non-hydrogen) atoms. The summed E-state index contributed by atoms with van der Waals surface area (Å²) >= 11 is 0. The molecule has 5 rings (SSSR count). The van der Waals surface area contributed by atoms with Gasteiger partial charge in [-0.15, -0.1) is 0 Å². The molecule has 1 aliphatic carbocycles. The highest BCUT2D eigenvalue weighted by Crippen LogP contribution is 2.50. The molecule has 2 aromatic carbocycles. The Hall–Kier alpha value is -3.15. The van der Waals surface area contributed by atoms with Crippen molar-refractivity contribution in [3.8, 4) is 0 Å². The van der Waals surface area contributed by atoms with Gasteiger partial charge in [0, 0.05) is 42.4 Å². The summed E-state index contributed by atoms with van der Waals surface area (Å²) in [5.41, 5.74) is 3.96. The molecule has 0 saturated carbocycles. The maximum atomic E-state index is 13.0. The first-order chi connectivity index (χ1) is 14.6. The Balaban J connectivity index is 1.47. The lowest BCUT2D eigenvalue weighted by Gasteiger charge is -2.38. The number of rotatable bonds is 3. The predicted molar refractivity (Wildman–Crippen MR) is 116 cm³/mol. The minimum Gasteiger partial charge on any atom is -0.378 e. The molecule has 6 heteroatoms. The topological polar surface area (TPSA) is 75.5 Å². The zero-order valence-corrected chi connectivity index (χ0v) is 16.8. The average Bonchev–Trinajstić information content (AvgIpc) is 3.29. The van der Waals surface area contributed by atoms with E-state index in [1.807, 2.05) is 23.1 Å². The van der Waals surface area contributed by atoms with Gasteiger partial charge in [-0.05, 0) is 60.9 Å². The maximum Gasteiger partial charge on any atom is 0.269 e. The van der Waals surface area contributed by atoms with Crippen LogP contribution in [0.4, 0.5) is 11.4 Å². The molecule has 2 aromatic rings. The molecule has 3 aliphatic rings. The van der Waals surface area contributed by atoms with Gasteiger partial charge >= 0.3 is 0 Å². The van der Waals surface area contributed by atoms with Crippen LogP contribution in [0.15, 0.2) is 54.6 Å². The quantitative estimate of drug-likeness (QED) is 0.442. The molecular formula is C24H25N3O3. The number of nitro groups is 1. The molecule has 1 N–H and O–H groups in total. The third kappa shape index (κ3) is 3.26. The number of allylic oxidation sites excluding steroid dienone is 2.